The number of carbonyl (C=O) groups is 2. The van der Waals surface area contributed by atoms with Gasteiger partial charge in [0.1, 0.15) is 5.40 Å². The minimum Gasteiger partial charge on any atom is -0.293 e. The van der Waals surface area contributed by atoms with Crippen LogP contribution in [-0.4, -0.2) is 31.6 Å². The predicted molar refractivity (Wildman–Crippen MR) is 126 cm³/mol. The predicted octanol–water partition coefficient (Wildman–Crippen LogP) is 5.97. The highest BCUT2D eigenvalue weighted by Gasteiger charge is 2.22. The van der Waals surface area contributed by atoms with Gasteiger partial charge in [0.25, 0.3) is 0 Å². The Morgan fingerprint density at radius 1 is 0.967 bits per heavy atom. The number of hydrogen-bond donors (Lipinski definition) is 0. The Morgan fingerprint density at radius 3 is 1.87 bits per heavy atom. The molecule has 2 heterocycles. The second kappa shape index (κ2) is 14.1. The van der Waals surface area contributed by atoms with Crippen molar-refractivity contribution < 1.29 is 9.59 Å². The number of ketones is 2. The van der Waals surface area contributed by atoms with Crippen molar-refractivity contribution in [2.75, 3.05) is 0 Å². The van der Waals surface area contributed by atoms with Crippen LogP contribution in [0.3, 0.4) is 0 Å². The molecule has 0 aliphatic heterocycles. The Labute approximate surface area is 191 Å². The Hall–Kier alpha value is -2.04. The minimum atomic E-state index is -0.283. The maximum absolute atomic E-state index is 12.1. The number of nitriles is 1. The zero-order chi connectivity index (χ0) is 22.5. The summed E-state index contributed by atoms with van der Waals surface area (Å²) in [6, 6.07) is 7.05. The topological polar surface area (TPSA) is 83.7 Å². The first-order chi connectivity index (χ1) is 14.3. The second-order valence-corrected chi connectivity index (χ2v) is 9.73. The third kappa shape index (κ3) is 9.64. The molecule has 2 aromatic rings. The number of alkyl halides is 1. The van der Waals surface area contributed by atoms with Crippen molar-refractivity contribution in [2.45, 2.75) is 50.6 Å². The number of aromatic nitrogens is 2. The van der Waals surface area contributed by atoms with Gasteiger partial charge >= 0.3 is 0 Å². The van der Waals surface area contributed by atoms with Crippen LogP contribution in [0.4, 0.5) is 0 Å². The van der Waals surface area contributed by atoms with E-state index >= 15 is 0 Å². The number of nitrogens with zero attached hydrogens (tertiary/aromatic N) is 3. The number of Topliss-reactive ketones (excluding diaryl/α,β-unsaturated/α-hetero) is 2. The third-order valence-corrected chi connectivity index (χ3v) is 5.61. The Morgan fingerprint density at radius 2 is 1.47 bits per heavy atom. The average Bonchev–Trinajstić information content (AvgIpc) is 2.73. The fourth-order valence-electron chi connectivity index (χ4n) is 2.61. The SMILES string of the molecule is CC(C)CC(Br)C(=O)c1cccnc1.CC(C)CC(SC#N)C(=O)c1cccnc1. The van der Waals surface area contributed by atoms with Gasteiger partial charge in [-0.05, 0) is 60.7 Å². The lowest BCUT2D eigenvalue weighted by molar-refractivity contribution is 0.0975. The van der Waals surface area contributed by atoms with Gasteiger partial charge in [0.05, 0.1) is 10.1 Å². The second-order valence-electron chi connectivity index (χ2n) is 7.64. The van der Waals surface area contributed by atoms with Crippen molar-refractivity contribution in [2.24, 2.45) is 11.8 Å². The van der Waals surface area contributed by atoms with Crippen LogP contribution >= 0.6 is 27.7 Å². The van der Waals surface area contributed by atoms with E-state index in [1.807, 2.05) is 19.2 Å². The monoisotopic (exact) mass is 489 g/mol. The molecule has 0 N–H and O–H groups in total. The van der Waals surface area contributed by atoms with Gasteiger partial charge < -0.3 is 0 Å². The smallest absolute Gasteiger partial charge is 0.178 e. The molecule has 0 aliphatic rings. The van der Waals surface area contributed by atoms with E-state index < -0.39 is 0 Å². The highest BCUT2D eigenvalue weighted by Crippen LogP contribution is 2.22. The van der Waals surface area contributed by atoms with Gasteiger partial charge in [-0.3, -0.25) is 19.6 Å². The average molecular weight is 490 g/mol. The molecule has 30 heavy (non-hydrogen) atoms. The molecule has 0 aromatic carbocycles. The van der Waals surface area contributed by atoms with Crippen molar-refractivity contribution >= 4 is 39.3 Å². The fraction of sp³-hybridized carbons (Fsp3) is 0.435. The summed E-state index contributed by atoms with van der Waals surface area (Å²) in [6.07, 6.45) is 8.03. The van der Waals surface area contributed by atoms with E-state index in [-0.39, 0.29) is 21.6 Å². The molecule has 2 aromatic heterocycles. The van der Waals surface area contributed by atoms with Crippen molar-refractivity contribution in [1.82, 2.24) is 9.97 Å². The van der Waals surface area contributed by atoms with E-state index in [4.69, 9.17) is 5.26 Å². The van der Waals surface area contributed by atoms with E-state index in [9.17, 15) is 9.59 Å². The molecule has 0 saturated carbocycles. The molecule has 2 unspecified atom stereocenters. The summed E-state index contributed by atoms with van der Waals surface area (Å²) in [5.74, 6) is 1.02. The van der Waals surface area contributed by atoms with E-state index in [1.165, 1.54) is 0 Å². The normalized spacial score (nSPS) is 12.5. The summed E-state index contributed by atoms with van der Waals surface area (Å²) >= 11 is 4.44. The van der Waals surface area contributed by atoms with E-state index in [2.05, 4.69) is 39.7 Å². The van der Waals surface area contributed by atoms with Gasteiger partial charge in [0.2, 0.25) is 0 Å². The first-order valence-corrected chi connectivity index (χ1v) is 11.6. The summed E-state index contributed by atoms with van der Waals surface area (Å²) in [5, 5.41) is 10.4. The number of thiocyanates is 1. The Bertz CT molecular complexity index is 823. The van der Waals surface area contributed by atoms with Gasteiger partial charge in [-0.2, -0.15) is 5.26 Å². The first-order valence-electron chi connectivity index (χ1n) is 9.83. The summed E-state index contributed by atoms with van der Waals surface area (Å²) < 4.78 is 0. The number of rotatable bonds is 9. The molecule has 160 valence electrons. The van der Waals surface area contributed by atoms with Crippen molar-refractivity contribution in [3.05, 3.63) is 60.2 Å². The van der Waals surface area contributed by atoms with Crippen molar-refractivity contribution in [3.8, 4) is 5.40 Å². The molecule has 0 radical (unpaired) electrons. The molecular formula is C23H28BrN3O2S. The zero-order valence-electron chi connectivity index (χ0n) is 17.8. The van der Waals surface area contributed by atoms with Gasteiger partial charge in [0, 0.05) is 35.9 Å². The molecule has 5 nitrogen and oxygen atoms in total. The zero-order valence-corrected chi connectivity index (χ0v) is 20.2. The highest BCUT2D eigenvalue weighted by molar-refractivity contribution is 9.10. The third-order valence-electron chi connectivity index (χ3n) is 4.03. The summed E-state index contributed by atoms with van der Waals surface area (Å²) in [5.41, 5.74) is 1.26. The van der Waals surface area contributed by atoms with E-state index in [0.717, 1.165) is 18.2 Å². The number of halogens is 1. The maximum Gasteiger partial charge on any atom is 0.178 e. The first kappa shape index (κ1) is 26.0. The van der Waals surface area contributed by atoms with Crippen LogP contribution in [0.1, 0.15) is 61.3 Å². The lowest BCUT2D eigenvalue weighted by atomic mass is 10.0. The lowest BCUT2D eigenvalue weighted by Gasteiger charge is -2.13. The molecular weight excluding hydrogens is 462 g/mol. The van der Waals surface area contributed by atoms with Crippen LogP contribution < -0.4 is 0 Å². The van der Waals surface area contributed by atoms with Crippen LogP contribution in [0.2, 0.25) is 0 Å². The van der Waals surface area contributed by atoms with Gasteiger partial charge in [-0.25, -0.2) is 0 Å². The standard InChI is InChI=1S/C12H14N2OS.C11H14BrNO/c1-9(2)6-11(16-8-13)12(15)10-4-3-5-14-7-10;1-8(2)6-10(12)11(14)9-4-3-5-13-7-9/h3-5,7,9,11H,6H2,1-2H3;3-5,7-8,10H,6H2,1-2H3. The number of thioether (sulfide) groups is 1. The fourth-order valence-corrected chi connectivity index (χ4v) is 4.47. The molecule has 2 atom stereocenters. The quantitative estimate of drug-likeness (QED) is 0.245. The van der Waals surface area contributed by atoms with Gasteiger partial charge in [-0.1, -0.05) is 43.6 Å². The molecule has 0 spiro atoms. The molecule has 2 rings (SSSR count). The summed E-state index contributed by atoms with van der Waals surface area (Å²) in [7, 11) is 0. The van der Waals surface area contributed by atoms with Crippen LogP contribution in [0.5, 0.6) is 0 Å². The molecule has 0 bridgehead atoms. The molecule has 0 fully saturated rings. The molecule has 0 amide bonds. The Kier molecular flexibility index (Phi) is 12.2. The van der Waals surface area contributed by atoms with Gasteiger partial charge in [0.15, 0.2) is 11.6 Å². The van der Waals surface area contributed by atoms with Crippen molar-refractivity contribution in [1.29, 1.82) is 5.26 Å². The van der Waals surface area contributed by atoms with Crippen LogP contribution in [-0.2, 0) is 0 Å². The van der Waals surface area contributed by atoms with E-state index in [1.54, 1.807) is 49.1 Å². The molecule has 7 heteroatoms. The summed E-state index contributed by atoms with van der Waals surface area (Å²) in [6.45, 7) is 8.29. The number of carbonyl (C=O) groups excluding carboxylic acids is 2. The summed E-state index contributed by atoms with van der Waals surface area (Å²) in [4.78, 5) is 31.6. The molecule has 0 aliphatic carbocycles. The Balaban J connectivity index is 0.000000303. The van der Waals surface area contributed by atoms with E-state index in [0.29, 0.717) is 29.4 Å². The highest BCUT2D eigenvalue weighted by atomic mass is 79.9. The maximum atomic E-state index is 12.1. The van der Waals surface area contributed by atoms with Gasteiger partial charge in [-0.15, -0.1) is 0 Å². The minimum absolute atomic E-state index is 0.00616. The molecule has 0 saturated heterocycles. The number of pyridine rings is 2. The largest absolute Gasteiger partial charge is 0.293 e. The van der Waals surface area contributed by atoms with Crippen molar-refractivity contribution in [3.63, 3.8) is 0 Å². The number of hydrogen-bond acceptors (Lipinski definition) is 6. The van der Waals surface area contributed by atoms with Crippen LogP contribution in [0.15, 0.2) is 49.1 Å². The lowest BCUT2D eigenvalue weighted by Crippen LogP contribution is -2.19. The van der Waals surface area contributed by atoms with Crippen LogP contribution in [0, 0.1) is 22.5 Å². The van der Waals surface area contributed by atoms with Crippen LogP contribution in [0.25, 0.3) is 0 Å².